The van der Waals surface area contributed by atoms with Crippen LogP contribution in [-0.4, -0.2) is 7.11 Å². The van der Waals surface area contributed by atoms with Crippen LogP contribution in [0.3, 0.4) is 0 Å². The summed E-state index contributed by atoms with van der Waals surface area (Å²) >= 11 is 5.72. The number of methoxy groups -OCH3 is 1. The first kappa shape index (κ1) is 8.34. The van der Waals surface area contributed by atoms with Crippen LogP contribution < -0.4 is 4.74 Å². The first-order chi connectivity index (χ1) is 5.15. The fourth-order valence-electron chi connectivity index (χ4n) is 0.784. The molecule has 0 amide bonds. The average Bonchev–Trinajstić information content (AvgIpc) is 1.97. The number of halogens is 2. The van der Waals surface area contributed by atoms with Gasteiger partial charge in [0, 0.05) is 11.1 Å². The van der Waals surface area contributed by atoms with E-state index in [1.54, 1.807) is 6.92 Å². The van der Waals surface area contributed by atoms with E-state index < -0.39 is 0 Å². The summed E-state index contributed by atoms with van der Waals surface area (Å²) in [6.45, 7) is 1.74. The third-order valence-corrected chi connectivity index (χ3v) is 1.84. The molecule has 0 N–H and O–H groups in total. The van der Waals surface area contributed by atoms with Gasteiger partial charge in [-0.1, -0.05) is 11.6 Å². The van der Waals surface area contributed by atoms with E-state index in [0.29, 0.717) is 10.6 Å². The van der Waals surface area contributed by atoms with Gasteiger partial charge in [-0.15, -0.1) is 0 Å². The molecule has 1 aromatic carbocycles. The van der Waals surface area contributed by atoms with E-state index in [-0.39, 0.29) is 11.6 Å². The molecule has 1 rings (SSSR count). The molecule has 1 aromatic rings. The highest BCUT2D eigenvalue weighted by Gasteiger charge is 2.04. The lowest BCUT2D eigenvalue weighted by Crippen LogP contribution is -1.88. The third-order valence-electron chi connectivity index (χ3n) is 1.43. The molecule has 0 aliphatic carbocycles. The Balaban J connectivity index is 3.21. The van der Waals surface area contributed by atoms with E-state index in [1.807, 2.05) is 0 Å². The van der Waals surface area contributed by atoms with Gasteiger partial charge in [-0.2, -0.15) is 0 Å². The SMILES string of the molecule is COc1cc(Cl)c(C)cc1F. The molecule has 0 radical (unpaired) electrons. The van der Waals surface area contributed by atoms with Crippen molar-refractivity contribution in [3.8, 4) is 5.75 Å². The molecule has 0 aromatic heterocycles. The van der Waals surface area contributed by atoms with Gasteiger partial charge in [0.05, 0.1) is 7.11 Å². The highest BCUT2D eigenvalue weighted by Crippen LogP contribution is 2.24. The maximum atomic E-state index is 12.8. The predicted molar refractivity (Wildman–Crippen MR) is 42.7 cm³/mol. The number of hydrogen-bond donors (Lipinski definition) is 0. The Hall–Kier alpha value is -0.760. The molecule has 0 unspecified atom stereocenters. The van der Waals surface area contributed by atoms with Crippen LogP contribution >= 0.6 is 11.6 Å². The largest absolute Gasteiger partial charge is 0.494 e. The van der Waals surface area contributed by atoms with E-state index >= 15 is 0 Å². The molecule has 0 heterocycles. The number of benzene rings is 1. The van der Waals surface area contributed by atoms with E-state index in [0.717, 1.165) is 0 Å². The van der Waals surface area contributed by atoms with Gasteiger partial charge in [-0.05, 0) is 18.6 Å². The van der Waals surface area contributed by atoms with Crippen molar-refractivity contribution in [2.45, 2.75) is 6.92 Å². The van der Waals surface area contributed by atoms with E-state index in [4.69, 9.17) is 16.3 Å². The molecular weight excluding hydrogens is 167 g/mol. The number of hydrogen-bond acceptors (Lipinski definition) is 1. The van der Waals surface area contributed by atoms with Crippen LogP contribution in [0.2, 0.25) is 5.02 Å². The summed E-state index contributed by atoms with van der Waals surface area (Å²) in [5.74, 6) is -0.199. The first-order valence-corrected chi connectivity index (χ1v) is 3.52. The molecule has 3 heteroatoms. The van der Waals surface area contributed by atoms with Gasteiger partial charge >= 0.3 is 0 Å². The number of ether oxygens (including phenoxy) is 1. The third kappa shape index (κ3) is 1.63. The van der Waals surface area contributed by atoms with Crippen LogP contribution in [-0.2, 0) is 0 Å². The minimum absolute atomic E-state index is 0.181. The Morgan fingerprint density at radius 2 is 2.09 bits per heavy atom. The molecule has 0 atom stereocenters. The molecule has 0 aliphatic heterocycles. The number of rotatable bonds is 1. The second kappa shape index (κ2) is 3.09. The van der Waals surface area contributed by atoms with E-state index in [1.165, 1.54) is 19.2 Å². The second-order valence-corrected chi connectivity index (χ2v) is 2.64. The van der Waals surface area contributed by atoms with Gasteiger partial charge < -0.3 is 4.74 Å². The van der Waals surface area contributed by atoms with Gasteiger partial charge in [0.15, 0.2) is 11.6 Å². The second-order valence-electron chi connectivity index (χ2n) is 2.24. The Labute approximate surface area is 69.7 Å². The minimum atomic E-state index is -0.380. The summed E-state index contributed by atoms with van der Waals surface area (Å²) in [6, 6.07) is 2.81. The van der Waals surface area contributed by atoms with Crippen molar-refractivity contribution in [2.24, 2.45) is 0 Å². The molecule has 11 heavy (non-hydrogen) atoms. The van der Waals surface area contributed by atoms with Crippen molar-refractivity contribution in [1.82, 2.24) is 0 Å². The first-order valence-electron chi connectivity index (χ1n) is 3.15. The van der Waals surface area contributed by atoms with Crippen LogP contribution in [0.4, 0.5) is 4.39 Å². The highest BCUT2D eigenvalue weighted by atomic mass is 35.5. The molecular formula is C8H8ClFO. The molecule has 0 spiro atoms. The summed E-state index contributed by atoms with van der Waals surface area (Å²) in [4.78, 5) is 0. The smallest absolute Gasteiger partial charge is 0.165 e. The standard InChI is InChI=1S/C8H8ClFO/c1-5-3-7(10)8(11-2)4-6(5)9/h3-4H,1-2H3. The summed E-state index contributed by atoms with van der Waals surface area (Å²) in [7, 11) is 1.41. The molecule has 60 valence electrons. The maximum Gasteiger partial charge on any atom is 0.165 e. The maximum absolute atomic E-state index is 12.8. The van der Waals surface area contributed by atoms with Crippen molar-refractivity contribution in [2.75, 3.05) is 7.11 Å². The Bertz CT molecular complexity index is 273. The Morgan fingerprint density at radius 1 is 1.45 bits per heavy atom. The van der Waals surface area contributed by atoms with Crippen molar-refractivity contribution < 1.29 is 9.13 Å². The van der Waals surface area contributed by atoms with Gasteiger partial charge in [-0.25, -0.2) is 4.39 Å². The molecule has 0 saturated heterocycles. The van der Waals surface area contributed by atoms with Crippen molar-refractivity contribution in [1.29, 1.82) is 0 Å². The van der Waals surface area contributed by atoms with Crippen LogP contribution in [0.5, 0.6) is 5.75 Å². The Morgan fingerprint density at radius 3 is 2.64 bits per heavy atom. The fourth-order valence-corrected chi connectivity index (χ4v) is 0.938. The van der Waals surface area contributed by atoms with Gasteiger partial charge in [0.1, 0.15) is 0 Å². The van der Waals surface area contributed by atoms with Gasteiger partial charge in [-0.3, -0.25) is 0 Å². The van der Waals surface area contributed by atoms with Crippen LogP contribution in [0.25, 0.3) is 0 Å². The lowest BCUT2D eigenvalue weighted by molar-refractivity contribution is 0.386. The quantitative estimate of drug-likeness (QED) is 0.636. The minimum Gasteiger partial charge on any atom is -0.494 e. The summed E-state index contributed by atoms with van der Waals surface area (Å²) in [5, 5.41) is 0.517. The lowest BCUT2D eigenvalue weighted by Gasteiger charge is -2.03. The normalized spacial score (nSPS) is 9.82. The topological polar surface area (TPSA) is 9.23 Å². The average molecular weight is 175 g/mol. The molecule has 1 nitrogen and oxygen atoms in total. The zero-order chi connectivity index (χ0) is 8.43. The highest BCUT2D eigenvalue weighted by molar-refractivity contribution is 6.31. The monoisotopic (exact) mass is 174 g/mol. The number of aryl methyl sites for hydroxylation is 1. The van der Waals surface area contributed by atoms with Gasteiger partial charge in [0.25, 0.3) is 0 Å². The van der Waals surface area contributed by atoms with Crippen molar-refractivity contribution >= 4 is 11.6 Å². The molecule has 0 bridgehead atoms. The van der Waals surface area contributed by atoms with Crippen LogP contribution in [0.15, 0.2) is 12.1 Å². The van der Waals surface area contributed by atoms with Crippen molar-refractivity contribution in [3.63, 3.8) is 0 Å². The van der Waals surface area contributed by atoms with Gasteiger partial charge in [0.2, 0.25) is 0 Å². The summed E-state index contributed by atoms with van der Waals surface area (Å²) in [6.07, 6.45) is 0. The summed E-state index contributed by atoms with van der Waals surface area (Å²) < 4.78 is 17.6. The molecule has 0 saturated carbocycles. The fraction of sp³-hybridized carbons (Fsp3) is 0.250. The molecule has 0 fully saturated rings. The van der Waals surface area contributed by atoms with E-state index in [2.05, 4.69) is 0 Å². The lowest BCUT2D eigenvalue weighted by atomic mass is 10.2. The van der Waals surface area contributed by atoms with Crippen LogP contribution in [0.1, 0.15) is 5.56 Å². The van der Waals surface area contributed by atoms with Crippen molar-refractivity contribution in [3.05, 3.63) is 28.5 Å². The van der Waals surface area contributed by atoms with Crippen LogP contribution in [0, 0.1) is 12.7 Å². The zero-order valence-corrected chi connectivity index (χ0v) is 7.07. The molecule has 0 aliphatic rings. The van der Waals surface area contributed by atoms with E-state index in [9.17, 15) is 4.39 Å². The predicted octanol–water partition coefficient (Wildman–Crippen LogP) is 2.80. The summed E-state index contributed by atoms with van der Waals surface area (Å²) in [5.41, 5.74) is 0.713. The zero-order valence-electron chi connectivity index (χ0n) is 6.32. The Kier molecular flexibility index (Phi) is 2.35.